The van der Waals surface area contributed by atoms with E-state index in [4.69, 9.17) is 67.1 Å². The SMILES string of the molecule is CCC.CCC.C[CH-]C.C[CH-]C.Cc1ccncc1.Cc1ccncc1.Cc1cncnc1.[Br][Re]([Br])([Br])[Br].[Br][Re]([Br])[Br].[Br][Re]([Br])[Br].[Br][Re]([Br])[Br].[Br][Re]([Br])[Br].[Br][Re]([Br])[Br].[Br][Re][Br].[CH-]=O.[CH-]=O.[CH-]=O.[CH-]=O.[CH-]=O.[CH-]=O.[CH-]=O.[CH-]=O.[CH-]=O.[CH-]=O.[CH-]=O.[CH-]=O.[CH-]=O.[CH-]=O.c1ccnnc1.c1cnccn1. The van der Waals surface area contributed by atoms with E-state index in [-0.39, 0.29) is 13.9 Å². The minimum atomic E-state index is -1.86. The third-order valence-corrected chi connectivity index (χ3v) is 3.34. The first-order valence-corrected chi connectivity index (χ1v) is 146. The second-order valence-electron chi connectivity index (χ2n) is 10.0. The molecule has 0 atom stereocenters. The molecule has 0 unspecified atom stereocenters. The van der Waals surface area contributed by atoms with Crippen molar-refractivity contribution in [2.45, 2.75) is 89.0 Å². The van der Waals surface area contributed by atoms with Crippen LogP contribution in [0.5, 0.6) is 0 Å². The van der Waals surface area contributed by atoms with Gasteiger partial charge in [0.2, 0.25) is 0 Å². The smallest absolute Gasteiger partial charge is 0.0496 e. The maximum atomic E-state index is 7.75. The summed E-state index contributed by atoms with van der Waals surface area (Å²) in [6.45, 7) is 68.0. The number of pyridine rings is 2. The van der Waals surface area contributed by atoms with E-state index < -0.39 is 61.0 Å². The van der Waals surface area contributed by atoms with Crippen molar-refractivity contribution in [3.05, 3.63) is 147 Å². The Balaban J connectivity index is -0.0000000261. The Morgan fingerprint density at radius 2 is 0.436 bits per heavy atom. The molecule has 0 aliphatic rings. The first kappa shape index (κ1) is 179. The van der Waals surface area contributed by atoms with Crippen LogP contribution in [0.3, 0.4) is 0 Å². The van der Waals surface area contributed by atoms with Gasteiger partial charge >= 0.3 is 357 Å². The van der Waals surface area contributed by atoms with Crippen LogP contribution in [0.1, 0.15) is 84.9 Å². The van der Waals surface area contributed by atoms with E-state index in [1.54, 1.807) is 74.4 Å². The van der Waals surface area contributed by atoms with Crippen molar-refractivity contribution >= 4 is 377 Å². The van der Waals surface area contributed by atoms with Gasteiger partial charge in [-0.2, -0.15) is 37.9 Å². The third-order valence-electron chi connectivity index (χ3n) is 3.34. The van der Waals surface area contributed by atoms with Crippen LogP contribution in [-0.4, -0.2) is 135 Å². The third kappa shape index (κ3) is 654. The number of halogens is 21. The van der Waals surface area contributed by atoms with Gasteiger partial charge in [0.05, 0.1) is 0 Å². The molecular formula is C51H72Br21N8O14Re7-16. The van der Waals surface area contributed by atoms with Gasteiger partial charge in [0.25, 0.3) is 0 Å². The number of hydrogen-bond acceptors (Lipinski definition) is 22. The Labute approximate surface area is 779 Å². The van der Waals surface area contributed by atoms with E-state index >= 15 is 0 Å². The molecule has 0 aliphatic carbocycles. The van der Waals surface area contributed by atoms with Crippen LogP contribution in [0, 0.1) is 33.6 Å². The molecule has 0 bridgehead atoms. The summed E-state index contributed by atoms with van der Waals surface area (Å²) >= 11 is 69.0. The zero-order chi connectivity index (χ0) is 87.7. The van der Waals surface area contributed by atoms with Gasteiger partial charge in [-0.05, 0) is 73.9 Å². The van der Waals surface area contributed by atoms with E-state index in [1.807, 2.05) is 97.7 Å². The van der Waals surface area contributed by atoms with Crippen LogP contribution in [0.2, 0.25) is 0 Å². The van der Waals surface area contributed by atoms with E-state index in [0.717, 1.165) is 5.56 Å². The Kier molecular flexibility index (Phi) is 447. The maximum Gasteiger partial charge on any atom is 0.0496 e. The summed E-state index contributed by atoms with van der Waals surface area (Å²) in [5.74, 6) is 0. The Morgan fingerprint density at radius 1 is 0.317 bits per heavy atom. The monoisotopic (exact) mass is 3990 g/mol. The fraction of sp³-hybridized carbons (Fsp3) is 0.255. The largest absolute Gasteiger partial charge is 0.545 e. The summed E-state index contributed by atoms with van der Waals surface area (Å²) in [6, 6.07) is 11.5. The predicted octanol–water partition coefficient (Wildman–Crippen LogP) is 23.7. The van der Waals surface area contributed by atoms with Gasteiger partial charge in [0.15, 0.2) is 0 Å². The van der Waals surface area contributed by atoms with Gasteiger partial charge in [0.1, 0.15) is 6.33 Å². The van der Waals surface area contributed by atoms with Crippen LogP contribution >= 0.6 is 282 Å². The van der Waals surface area contributed by atoms with Crippen LogP contribution in [0.4, 0.5) is 0 Å². The Morgan fingerprint density at radius 3 is 0.495 bits per heavy atom. The van der Waals surface area contributed by atoms with E-state index in [1.165, 1.54) is 30.3 Å². The average molecular weight is 4000 g/mol. The van der Waals surface area contributed by atoms with Gasteiger partial charge in [-0.15, -0.1) is 0 Å². The maximum absolute atomic E-state index is 7.75. The summed E-state index contributed by atoms with van der Waals surface area (Å²) in [7, 11) is -6.99. The van der Waals surface area contributed by atoms with E-state index in [0.29, 0.717) is 0 Å². The number of nitrogens with zero attached hydrogens (tertiary/aromatic N) is 8. The number of hydrogen-bond donors (Lipinski definition) is 0. The van der Waals surface area contributed by atoms with Crippen LogP contribution in [-0.2, 0) is 142 Å². The molecule has 612 valence electrons. The zero-order valence-electron chi connectivity index (χ0n) is 54.0. The molecule has 101 heavy (non-hydrogen) atoms. The molecule has 5 aromatic heterocycles. The Hall–Kier alpha value is 5.64. The molecule has 5 rings (SSSR count). The van der Waals surface area contributed by atoms with Gasteiger partial charge in [-0.3, -0.25) is 115 Å². The standard InChI is InChI=1S/2C6H7N.C5H6N2.2C4H4N2.2C3H8.2C3H7.14CHO.21BrH.7Re/c2*1-6-2-4-7-5-3-6;1-5-2-6-4-7-3-5;1-2-6-4-3-5-1;1-2-4-6-5-3-1;4*1-3-2;14*1-2;;;;;;;;;;;;;;;;;;;;;;;;;;;;/h2*2-5H,1H3;2-4H,1H3;2*1-4H;2*3H2,1-2H3;2*3H,1-2H3;14*1H;21*1H;;;;;;;/q;;;;;;;16*-1;;;;;;;;;;;;;;;;;;;;;;+2;5*+3;+4/p-21. The molecule has 0 aromatic carbocycles. The molecule has 0 radical (unpaired) electrons. The van der Waals surface area contributed by atoms with Crippen molar-refractivity contribution in [2.75, 3.05) is 0 Å². The molecule has 0 N–H and O–H groups in total. The molecule has 50 heteroatoms. The summed E-state index contributed by atoms with van der Waals surface area (Å²) in [5, 5.41) is 7.07. The van der Waals surface area contributed by atoms with Crippen molar-refractivity contribution in [1.82, 2.24) is 40.1 Å². The van der Waals surface area contributed by atoms with E-state index in [2.05, 4.69) is 445 Å². The minimum Gasteiger partial charge on any atom is -0.545 e. The molecule has 0 spiro atoms. The van der Waals surface area contributed by atoms with Crippen LogP contribution in [0.15, 0.2) is 117 Å². The van der Waals surface area contributed by atoms with Crippen molar-refractivity contribution in [3.8, 4) is 0 Å². The fourth-order valence-electron chi connectivity index (χ4n) is 1.73. The van der Waals surface area contributed by atoms with Crippen molar-refractivity contribution in [3.63, 3.8) is 0 Å². The molecule has 22 nitrogen and oxygen atoms in total. The number of aryl methyl sites for hydroxylation is 3. The van der Waals surface area contributed by atoms with Crippen LogP contribution in [0.25, 0.3) is 0 Å². The van der Waals surface area contributed by atoms with Crippen LogP contribution < -0.4 is 0 Å². The molecule has 0 saturated carbocycles. The topological polar surface area (TPSA) is 342 Å². The normalized spacial score (nSPS) is 7.19. The average Bonchev–Trinajstić information content (AvgIpc) is 1.97. The van der Waals surface area contributed by atoms with Crippen molar-refractivity contribution in [1.29, 1.82) is 0 Å². The van der Waals surface area contributed by atoms with Gasteiger partial charge in [-0.1, -0.05) is 40.5 Å². The second kappa shape index (κ2) is 253. The van der Waals surface area contributed by atoms with Gasteiger partial charge in [-0.25, -0.2) is 9.97 Å². The number of aromatic nitrogens is 8. The Bertz CT molecular complexity index is 1530. The first-order valence-electron chi connectivity index (χ1n) is 21.5. The molecule has 0 fully saturated rings. The van der Waals surface area contributed by atoms with Gasteiger partial charge < -0.3 is 80.0 Å². The molecule has 5 aromatic rings. The summed E-state index contributed by atoms with van der Waals surface area (Å²) in [5.41, 5.74) is 3.62. The quantitative estimate of drug-likeness (QED) is 0.103. The summed E-state index contributed by atoms with van der Waals surface area (Å²) in [4.78, 5) is 131. The molecule has 0 saturated heterocycles. The van der Waals surface area contributed by atoms with Crippen molar-refractivity contribution in [2.24, 2.45) is 0 Å². The van der Waals surface area contributed by atoms with Gasteiger partial charge in [0, 0.05) is 74.4 Å². The molecule has 0 aliphatic heterocycles. The minimum absolute atomic E-state index is 0.0417. The predicted molar refractivity (Wildman–Crippen MR) is 474 cm³/mol. The first-order chi connectivity index (χ1) is 47.9. The zero-order valence-corrected chi connectivity index (χ0v) is 106. The van der Waals surface area contributed by atoms with Crippen molar-refractivity contribution < 1.29 is 142 Å². The second-order valence-corrected chi connectivity index (χ2v) is 271. The number of rotatable bonds is 0. The van der Waals surface area contributed by atoms with E-state index in [9.17, 15) is 0 Å². The molecule has 5 heterocycles. The summed E-state index contributed by atoms with van der Waals surface area (Å²) < 4.78 is 0. The molecule has 0 amide bonds. The molecular weight excluding hydrogens is 3930 g/mol. The number of carbonyl (C=O) groups excluding carboxylic acids is 14. The fourth-order valence-corrected chi connectivity index (χ4v) is 1.73. The summed E-state index contributed by atoms with van der Waals surface area (Å²) in [6.07, 6.45) is 28.5.